The number of nitrogens with zero attached hydrogens (tertiary/aromatic N) is 3. The predicted molar refractivity (Wildman–Crippen MR) is 184 cm³/mol. The molecule has 6 nitrogen and oxygen atoms in total. The zero-order valence-electron chi connectivity index (χ0n) is 26.4. The number of nitrogens with one attached hydrogen (secondary N) is 1. The average Bonchev–Trinajstić information content (AvgIpc) is 3.36. The number of pyridine rings is 1. The minimum Gasteiger partial charge on any atom is -0.497 e. The molecule has 2 aliphatic rings. The zero-order chi connectivity index (χ0) is 33.4. The highest BCUT2D eigenvalue weighted by Crippen LogP contribution is 2.41. The molecule has 7 rings (SSSR count). The Balaban J connectivity index is 0.996. The predicted octanol–water partition coefficient (Wildman–Crippen LogP) is 8.75. The van der Waals surface area contributed by atoms with Crippen molar-refractivity contribution in [2.75, 3.05) is 36.5 Å². The number of anilines is 2. The third kappa shape index (κ3) is 6.32. The van der Waals surface area contributed by atoms with Crippen LogP contribution in [0.4, 0.5) is 24.7 Å². The SMILES string of the molecule is COc1ccc(CN2C(=O)c3cccc4c(CNCC5CCN(c6ncc(-c7cccc(Cl)c7)cc6C(F)(F)F)CC5)ccc2c34)cc1. The molecular weight excluding hydrogens is 637 g/mol. The number of ether oxygens (including phenoxy) is 1. The normalized spacial score (nSPS) is 15.1. The van der Waals surface area contributed by atoms with Crippen LogP contribution in [0.1, 0.15) is 39.9 Å². The quantitative estimate of drug-likeness (QED) is 0.170. The van der Waals surface area contributed by atoms with Gasteiger partial charge in [-0.05, 0) is 89.8 Å². The monoisotopic (exact) mass is 670 g/mol. The fourth-order valence-corrected chi connectivity index (χ4v) is 7.03. The Morgan fingerprint density at radius 1 is 0.958 bits per heavy atom. The summed E-state index contributed by atoms with van der Waals surface area (Å²) < 4.78 is 47.8. The highest BCUT2D eigenvalue weighted by Gasteiger charge is 2.37. The molecular formula is C38H34ClF3N4O2. The molecule has 1 aromatic heterocycles. The first-order chi connectivity index (χ1) is 23.2. The zero-order valence-corrected chi connectivity index (χ0v) is 27.1. The molecule has 0 bridgehead atoms. The van der Waals surface area contributed by atoms with Crippen LogP contribution in [0, 0.1) is 5.92 Å². The number of aromatic nitrogens is 1. The van der Waals surface area contributed by atoms with Crippen LogP contribution in [0.3, 0.4) is 0 Å². The molecule has 4 aromatic carbocycles. The van der Waals surface area contributed by atoms with Crippen LogP contribution in [0.5, 0.6) is 5.75 Å². The van der Waals surface area contributed by atoms with Crippen LogP contribution in [-0.2, 0) is 19.3 Å². The van der Waals surface area contributed by atoms with Gasteiger partial charge in [0.2, 0.25) is 0 Å². The summed E-state index contributed by atoms with van der Waals surface area (Å²) in [4.78, 5) is 21.3. The molecule has 10 heteroatoms. The first-order valence-electron chi connectivity index (χ1n) is 16.0. The molecule has 5 aromatic rings. The number of alkyl halides is 3. The molecule has 0 saturated carbocycles. The van der Waals surface area contributed by atoms with Crippen LogP contribution in [0.25, 0.3) is 21.9 Å². The molecule has 48 heavy (non-hydrogen) atoms. The van der Waals surface area contributed by atoms with Crippen LogP contribution >= 0.6 is 11.6 Å². The van der Waals surface area contributed by atoms with Crippen molar-refractivity contribution in [3.05, 3.63) is 118 Å². The van der Waals surface area contributed by atoms with E-state index in [0.29, 0.717) is 53.8 Å². The molecule has 0 atom stereocenters. The van der Waals surface area contributed by atoms with Crippen molar-refractivity contribution in [2.24, 2.45) is 5.92 Å². The van der Waals surface area contributed by atoms with Gasteiger partial charge in [0.05, 0.1) is 24.9 Å². The van der Waals surface area contributed by atoms with Gasteiger partial charge in [0.25, 0.3) is 5.91 Å². The molecule has 1 amide bonds. The number of hydrogen-bond acceptors (Lipinski definition) is 5. The number of carbonyl (C=O) groups excluding carboxylic acids is 1. The number of rotatable bonds is 9. The Hall–Kier alpha value is -4.60. The summed E-state index contributed by atoms with van der Waals surface area (Å²) in [7, 11) is 1.63. The fraction of sp³-hybridized carbons (Fsp3) is 0.263. The lowest BCUT2D eigenvalue weighted by atomic mass is 9.95. The van der Waals surface area contributed by atoms with E-state index in [2.05, 4.69) is 22.4 Å². The van der Waals surface area contributed by atoms with Gasteiger partial charge in [0.1, 0.15) is 11.6 Å². The molecule has 0 spiro atoms. The molecule has 2 aliphatic heterocycles. The highest BCUT2D eigenvalue weighted by atomic mass is 35.5. The number of benzene rings is 4. The van der Waals surface area contributed by atoms with E-state index in [1.807, 2.05) is 47.4 Å². The number of halogens is 4. The number of hydrogen-bond donors (Lipinski definition) is 1. The second-order valence-electron chi connectivity index (χ2n) is 12.4. The van der Waals surface area contributed by atoms with Gasteiger partial charge in [0.15, 0.2) is 0 Å². The summed E-state index contributed by atoms with van der Waals surface area (Å²) in [5, 5.41) is 6.05. The molecule has 1 fully saturated rings. The molecule has 1 N–H and O–H groups in total. The van der Waals surface area contributed by atoms with Crippen LogP contribution in [0.2, 0.25) is 5.02 Å². The van der Waals surface area contributed by atoms with Gasteiger partial charge < -0.3 is 19.9 Å². The number of methoxy groups -OCH3 is 1. The number of amides is 1. The van der Waals surface area contributed by atoms with Crippen molar-refractivity contribution in [2.45, 2.75) is 32.1 Å². The summed E-state index contributed by atoms with van der Waals surface area (Å²) >= 11 is 6.07. The Morgan fingerprint density at radius 2 is 1.73 bits per heavy atom. The molecule has 0 unspecified atom stereocenters. The van der Waals surface area contributed by atoms with Gasteiger partial charge in [0, 0.05) is 47.4 Å². The second kappa shape index (κ2) is 13.1. The van der Waals surface area contributed by atoms with Crippen LogP contribution in [-0.4, -0.2) is 37.6 Å². The molecule has 1 saturated heterocycles. The third-order valence-electron chi connectivity index (χ3n) is 9.37. The van der Waals surface area contributed by atoms with Crippen molar-refractivity contribution < 1.29 is 22.7 Å². The number of carbonyl (C=O) groups is 1. The summed E-state index contributed by atoms with van der Waals surface area (Å²) in [5.41, 5.74) is 3.97. The van der Waals surface area contributed by atoms with Crippen LogP contribution in [0.15, 0.2) is 91.1 Å². The van der Waals surface area contributed by atoms with E-state index >= 15 is 0 Å². The van der Waals surface area contributed by atoms with Crippen molar-refractivity contribution in [1.82, 2.24) is 10.3 Å². The Bertz CT molecular complexity index is 1970. The lowest BCUT2D eigenvalue weighted by Gasteiger charge is -2.34. The lowest BCUT2D eigenvalue weighted by molar-refractivity contribution is -0.137. The van der Waals surface area contributed by atoms with Crippen molar-refractivity contribution in [3.8, 4) is 16.9 Å². The van der Waals surface area contributed by atoms with E-state index in [1.54, 1.807) is 36.3 Å². The van der Waals surface area contributed by atoms with E-state index in [9.17, 15) is 18.0 Å². The largest absolute Gasteiger partial charge is 0.497 e. The highest BCUT2D eigenvalue weighted by molar-refractivity contribution is 6.30. The Morgan fingerprint density at radius 3 is 2.46 bits per heavy atom. The molecule has 3 heterocycles. The van der Waals surface area contributed by atoms with Gasteiger partial charge in [-0.1, -0.05) is 54.1 Å². The fourth-order valence-electron chi connectivity index (χ4n) is 6.84. The molecule has 0 radical (unpaired) electrons. The minimum absolute atomic E-state index is 0.00874. The number of piperidine rings is 1. The van der Waals surface area contributed by atoms with Gasteiger partial charge in [-0.2, -0.15) is 13.2 Å². The van der Waals surface area contributed by atoms with Crippen LogP contribution < -0.4 is 19.9 Å². The lowest BCUT2D eigenvalue weighted by Crippen LogP contribution is -2.38. The van der Waals surface area contributed by atoms with E-state index in [0.717, 1.165) is 52.7 Å². The van der Waals surface area contributed by atoms with Gasteiger partial charge in [-0.15, -0.1) is 0 Å². The average molecular weight is 671 g/mol. The second-order valence-corrected chi connectivity index (χ2v) is 12.8. The molecule has 0 aliphatic carbocycles. The summed E-state index contributed by atoms with van der Waals surface area (Å²) in [6.07, 6.45) is -1.54. The Kier molecular flexibility index (Phi) is 8.74. The Labute approximate surface area is 282 Å². The van der Waals surface area contributed by atoms with Gasteiger partial charge in [-0.3, -0.25) is 4.79 Å². The maximum Gasteiger partial charge on any atom is 0.419 e. The standard InChI is InChI=1S/C38H34ClF3N4O2/c1-48-30-11-8-25(9-12-30)23-46-34-13-10-27(31-6-3-7-32(35(31)34)37(46)47)21-43-20-24-14-16-45(17-15-24)36-33(38(40,41)42)19-28(22-44-36)26-4-2-5-29(39)18-26/h2-13,18-19,22,24,43H,14-17,20-21,23H2,1H3. The van der Waals surface area contributed by atoms with E-state index in [-0.39, 0.29) is 11.7 Å². The maximum atomic E-state index is 14.2. The van der Waals surface area contributed by atoms with E-state index < -0.39 is 11.7 Å². The first kappa shape index (κ1) is 32.0. The summed E-state index contributed by atoms with van der Waals surface area (Å²) in [5.74, 6) is 1.06. The topological polar surface area (TPSA) is 57.7 Å². The van der Waals surface area contributed by atoms with Crippen molar-refractivity contribution >= 4 is 39.8 Å². The third-order valence-corrected chi connectivity index (χ3v) is 9.60. The summed E-state index contributed by atoms with van der Waals surface area (Å²) in [6.45, 7) is 2.82. The van der Waals surface area contributed by atoms with Crippen molar-refractivity contribution in [1.29, 1.82) is 0 Å². The smallest absolute Gasteiger partial charge is 0.419 e. The minimum atomic E-state index is -4.54. The van der Waals surface area contributed by atoms with Crippen molar-refractivity contribution in [3.63, 3.8) is 0 Å². The van der Waals surface area contributed by atoms with E-state index in [4.69, 9.17) is 16.3 Å². The maximum absolute atomic E-state index is 14.2. The molecule has 246 valence electrons. The van der Waals surface area contributed by atoms with E-state index in [1.165, 1.54) is 12.3 Å². The van der Waals surface area contributed by atoms with Gasteiger partial charge >= 0.3 is 6.18 Å². The van der Waals surface area contributed by atoms with Gasteiger partial charge in [-0.25, -0.2) is 4.98 Å². The summed E-state index contributed by atoms with van der Waals surface area (Å²) in [6, 6.07) is 25.6. The first-order valence-corrected chi connectivity index (χ1v) is 16.4.